The Kier molecular flexibility index (Phi) is 4.02. The number of aryl methyl sites for hydroxylation is 2. The molecular formula is C13H13ClN2S. The molecule has 0 aliphatic rings. The van der Waals surface area contributed by atoms with Crippen molar-refractivity contribution in [3.63, 3.8) is 0 Å². The molecule has 1 aromatic carbocycles. The fourth-order valence-corrected chi connectivity index (χ4v) is 1.94. The Labute approximate surface area is 111 Å². The highest BCUT2D eigenvalue weighted by atomic mass is 35.5. The fraction of sp³-hybridized carbons (Fsp3) is 0.231. The van der Waals surface area contributed by atoms with E-state index in [4.69, 9.17) is 11.6 Å². The summed E-state index contributed by atoms with van der Waals surface area (Å²) in [5, 5.41) is 0.732. The van der Waals surface area contributed by atoms with Gasteiger partial charge in [-0.2, -0.15) is 12.6 Å². The third-order valence-electron chi connectivity index (χ3n) is 2.38. The number of hydrogen-bond donors (Lipinski definition) is 1. The van der Waals surface area contributed by atoms with Crippen molar-refractivity contribution in [2.24, 2.45) is 0 Å². The van der Waals surface area contributed by atoms with Crippen LogP contribution in [0.4, 0.5) is 0 Å². The molecule has 0 amide bonds. The average molecular weight is 265 g/mol. The Hall–Kier alpha value is -1.06. The van der Waals surface area contributed by atoms with E-state index in [-0.39, 0.29) is 0 Å². The van der Waals surface area contributed by atoms with Crippen molar-refractivity contribution in [1.29, 1.82) is 0 Å². The van der Waals surface area contributed by atoms with E-state index in [1.807, 2.05) is 37.3 Å². The molecule has 0 unspecified atom stereocenters. The summed E-state index contributed by atoms with van der Waals surface area (Å²) in [6.45, 7) is 1.98. The monoisotopic (exact) mass is 264 g/mol. The van der Waals surface area contributed by atoms with E-state index in [0.717, 1.165) is 40.0 Å². The smallest absolute Gasteiger partial charge is 0.130 e. The van der Waals surface area contributed by atoms with Crippen LogP contribution in [0.15, 0.2) is 30.3 Å². The van der Waals surface area contributed by atoms with Crippen LogP contribution in [0.1, 0.15) is 11.5 Å². The Balaban J connectivity index is 2.40. The van der Waals surface area contributed by atoms with E-state index in [1.54, 1.807) is 0 Å². The summed E-state index contributed by atoms with van der Waals surface area (Å²) in [6.07, 6.45) is 0.783. The molecular weight excluding hydrogens is 252 g/mol. The second kappa shape index (κ2) is 5.52. The van der Waals surface area contributed by atoms with E-state index < -0.39 is 0 Å². The van der Waals surface area contributed by atoms with Crippen LogP contribution in [0.5, 0.6) is 0 Å². The maximum atomic E-state index is 5.87. The minimum atomic E-state index is 0.732. The molecule has 0 aliphatic carbocycles. The zero-order valence-corrected chi connectivity index (χ0v) is 11.2. The molecule has 0 saturated carbocycles. The molecule has 1 heterocycles. The molecule has 88 valence electrons. The van der Waals surface area contributed by atoms with Gasteiger partial charge in [0.25, 0.3) is 0 Å². The molecule has 17 heavy (non-hydrogen) atoms. The first-order valence-electron chi connectivity index (χ1n) is 5.40. The van der Waals surface area contributed by atoms with Gasteiger partial charge in [0, 0.05) is 22.7 Å². The third kappa shape index (κ3) is 3.20. The molecule has 0 atom stereocenters. The number of rotatable bonds is 3. The largest absolute Gasteiger partial charge is 0.238 e. The van der Waals surface area contributed by atoms with Gasteiger partial charge in [-0.15, -0.1) is 0 Å². The van der Waals surface area contributed by atoms with Crippen LogP contribution in [0.3, 0.4) is 0 Å². The minimum Gasteiger partial charge on any atom is -0.238 e. The van der Waals surface area contributed by atoms with Gasteiger partial charge in [-0.25, -0.2) is 9.97 Å². The highest BCUT2D eigenvalue weighted by Crippen LogP contribution is 2.20. The molecule has 4 heteroatoms. The van der Waals surface area contributed by atoms with E-state index >= 15 is 0 Å². The van der Waals surface area contributed by atoms with E-state index in [9.17, 15) is 0 Å². The molecule has 0 saturated heterocycles. The van der Waals surface area contributed by atoms with Gasteiger partial charge >= 0.3 is 0 Å². The van der Waals surface area contributed by atoms with Gasteiger partial charge in [-0.3, -0.25) is 0 Å². The number of halogens is 1. The Morgan fingerprint density at radius 1 is 1.18 bits per heavy atom. The van der Waals surface area contributed by atoms with E-state index in [0.29, 0.717) is 0 Å². The van der Waals surface area contributed by atoms with Gasteiger partial charge in [0.2, 0.25) is 0 Å². The van der Waals surface area contributed by atoms with Crippen molar-refractivity contribution in [2.45, 2.75) is 13.3 Å². The molecule has 2 rings (SSSR count). The van der Waals surface area contributed by atoms with Crippen LogP contribution in [0.2, 0.25) is 5.02 Å². The van der Waals surface area contributed by atoms with Gasteiger partial charge in [0.1, 0.15) is 5.82 Å². The molecule has 0 radical (unpaired) electrons. The number of aromatic nitrogens is 2. The number of benzene rings is 1. The first kappa shape index (κ1) is 12.4. The molecule has 0 fully saturated rings. The fourth-order valence-electron chi connectivity index (χ4n) is 1.61. The predicted molar refractivity (Wildman–Crippen MR) is 74.8 cm³/mol. The summed E-state index contributed by atoms with van der Waals surface area (Å²) in [5.41, 5.74) is 2.97. The van der Waals surface area contributed by atoms with Crippen molar-refractivity contribution in [3.8, 4) is 11.3 Å². The highest BCUT2D eigenvalue weighted by molar-refractivity contribution is 7.80. The average Bonchev–Trinajstić information content (AvgIpc) is 2.29. The maximum Gasteiger partial charge on any atom is 0.130 e. The van der Waals surface area contributed by atoms with Crippen LogP contribution >= 0.6 is 24.2 Å². The van der Waals surface area contributed by atoms with Crippen molar-refractivity contribution in [3.05, 3.63) is 46.9 Å². The zero-order chi connectivity index (χ0) is 12.3. The summed E-state index contributed by atoms with van der Waals surface area (Å²) in [5.74, 6) is 1.59. The molecule has 0 spiro atoms. The lowest BCUT2D eigenvalue weighted by atomic mass is 10.1. The molecule has 1 aromatic heterocycles. The Bertz CT molecular complexity index is 511. The van der Waals surface area contributed by atoms with Crippen molar-refractivity contribution >= 4 is 24.2 Å². The standard InChI is InChI=1S/C13H13ClN2S/c1-9-8-12(16-13(15-9)6-7-17)10-2-4-11(14)5-3-10/h2-5,8,17H,6-7H2,1H3. The molecule has 2 nitrogen and oxygen atoms in total. The molecule has 0 aliphatic heterocycles. The first-order chi connectivity index (χ1) is 8.19. The number of thiol groups is 1. The lowest BCUT2D eigenvalue weighted by Crippen LogP contribution is -1.99. The van der Waals surface area contributed by atoms with Gasteiger partial charge in [-0.1, -0.05) is 23.7 Å². The highest BCUT2D eigenvalue weighted by Gasteiger charge is 2.04. The van der Waals surface area contributed by atoms with Crippen molar-refractivity contribution in [1.82, 2.24) is 9.97 Å². The van der Waals surface area contributed by atoms with Gasteiger partial charge < -0.3 is 0 Å². The van der Waals surface area contributed by atoms with Gasteiger partial charge in [0.15, 0.2) is 0 Å². The molecule has 0 N–H and O–H groups in total. The van der Waals surface area contributed by atoms with E-state index in [2.05, 4.69) is 22.6 Å². The second-order valence-electron chi connectivity index (χ2n) is 3.79. The topological polar surface area (TPSA) is 25.8 Å². The Morgan fingerprint density at radius 2 is 1.88 bits per heavy atom. The van der Waals surface area contributed by atoms with Crippen molar-refractivity contribution < 1.29 is 0 Å². The number of hydrogen-bond acceptors (Lipinski definition) is 3. The SMILES string of the molecule is Cc1cc(-c2ccc(Cl)cc2)nc(CCS)n1. The Morgan fingerprint density at radius 3 is 2.53 bits per heavy atom. The lowest BCUT2D eigenvalue weighted by molar-refractivity contribution is 0.930. The summed E-state index contributed by atoms with van der Waals surface area (Å²) >= 11 is 10.1. The summed E-state index contributed by atoms with van der Waals surface area (Å²) in [7, 11) is 0. The van der Waals surface area contributed by atoms with Gasteiger partial charge in [0.05, 0.1) is 5.69 Å². The van der Waals surface area contributed by atoms with Gasteiger partial charge in [-0.05, 0) is 30.9 Å². The first-order valence-corrected chi connectivity index (χ1v) is 6.41. The predicted octanol–water partition coefficient (Wildman–Crippen LogP) is 3.58. The van der Waals surface area contributed by atoms with E-state index in [1.165, 1.54) is 0 Å². The van der Waals surface area contributed by atoms with Crippen LogP contribution in [0.25, 0.3) is 11.3 Å². The van der Waals surface area contributed by atoms with Crippen LogP contribution < -0.4 is 0 Å². The summed E-state index contributed by atoms with van der Waals surface area (Å²) in [6, 6.07) is 9.65. The van der Waals surface area contributed by atoms with Crippen LogP contribution in [-0.2, 0) is 6.42 Å². The summed E-state index contributed by atoms with van der Waals surface area (Å²) in [4.78, 5) is 8.90. The van der Waals surface area contributed by atoms with Crippen LogP contribution in [0, 0.1) is 6.92 Å². The van der Waals surface area contributed by atoms with Crippen LogP contribution in [-0.4, -0.2) is 15.7 Å². The molecule has 2 aromatic rings. The quantitative estimate of drug-likeness (QED) is 0.858. The number of nitrogens with zero attached hydrogens (tertiary/aromatic N) is 2. The van der Waals surface area contributed by atoms with Crippen molar-refractivity contribution in [2.75, 3.05) is 5.75 Å². The zero-order valence-electron chi connectivity index (χ0n) is 9.52. The third-order valence-corrected chi connectivity index (χ3v) is 2.85. The molecule has 0 bridgehead atoms. The second-order valence-corrected chi connectivity index (χ2v) is 4.67. The minimum absolute atomic E-state index is 0.732. The summed E-state index contributed by atoms with van der Waals surface area (Å²) < 4.78 is 0. The normalized spacial score (nSPS) is 10.5. The maximum absolute atomic E-state index is 5.87. The lowest BCUT2D eigenvalue weighted by Gasteiger charge is -2.05.